The maximum atomic E-state index is 9.56. The molecule has 0 saturated carbocycles. The van der Waals surface area contributed by atoms with E-state index in [1.807, 2.05) is 18.2 Å². The third-order valence-electron chi connectivity index (χ3n) is 11.0. The second kappa shape index (κ2) is 38.9. The van der Waals surface area contributed by atoms with E-state index in [1.165, 1.54) is 172 Å². The van der Waals surface area contributed by atoms with Gasteiger partial charge in [0.2, 0.25) is 0 Å². The summed E-state index contributed by atoms with van der Waals surface area (Å²) in [6.07, 6.45) is 46.2. The lowest BCUT2D eigenvalue weighted by atomic mass is 10.0. The number of hydrogen-bond acceptors (Lipinski definition) is 4. The molecule has 2 aromatic heterocycles. The molecule has 0 aliphatic carbocycles. The van der Waals surface area contributed by atoms with Crippen molar-refractivity contribution < 1.29 is 26.3 Å². The molecule has 0 bridgehead atoms. The quantitative estimate of drug-likeness (QED) is 0.0375. The molecular weight excluding hydrogens is 798 g/mol. The highest BCUT2D eigenvalue weighted by Gasteiger charge is 2.11. The number of aryl methyl sites for hydroxylation is 2. The van der Waals surface area contributed by atoms with Gasteiger partial charge in [-0.05, 0) is 56.9 Å². The van der Waals surface area contributed by atoms with Gasteiger partial charge in [0.15, 0.2) is 24.8 Å². The normalized spacial score (nSPS) is 11.3. The van der Waals surface area contributed by atoms with Crippen molar-refractivity contribution in [1.29, 1.82) is 0 Å². The van der Waals surface area contributed by atoms with E-state index in [2.05, 4.69) is 113 Å². The molecule has 0 amide bonds. The fourth-order valence-corrected chi connectivity index (χ4v) is 7.91. The molecule has 0 fully saturated rings. The Balaban J connectivity index is 0.00000104. The van der Waals surface area contributed by atoms with Gasteiger partial charge in [-0.25, -0.2) is 13.3 Å². The van der Waals surface area contributed by atoms with Crippen LogP contribution in [-0.2, 0) is 27.7 Å². The second-order valence-electron chi connectivity index (χ2n) is 16.3. The van der Waals surface area contributed by atoms with Crippen LogP contribution in [-0.4, -0.2) is 32.7 Å². The van der Waals surface area contributed by atoms with Gasteiger partial charge >= 0.3 is 10.4 Å². The Morgan fingerprint density at radius 3 is 1.28 bits per heavy atom. The third-order valence-corrected chi connectivity index (χ3v) is 11.9. The van der Waals surface area contributed by atoms with Crippen LogP contribution >= 0.6 is 11.6 Å². The second-order valence-corrected chi connectivity index (χ2v) is 17.8. The molecule has 0 unspecified atom stereocenters. The van der Waals surface area contributed by atoms with E-state index >= 15 is 0 Å². The van der Waals surface area contributed by atoms with Gasteiger partial charge in [-0.2, -0.15) is 8.42 Å². The van der Waals surface area contributed by atoms with Gasteiger partial charge in [0, 0.05) is 37.4 Å². The van der Waals surface area contributed by atoms with Crippen LogP contribution in [0.1, 0.15) is 200 Å². The van der Waals surface area contributed by atoms with Crippen molar-refractivity contribution >= 4 is 39.8 Å². The smallest absolute Gasteiger partial charge is 0.370 e. The van der Waals surface area contributed by atoms with Gasteiger partial charge in [0.1, 0.15) is 13.1 Å². The maximum absolute atomic E-state index is 9.56. The molecular formula is C52H88ClN3O4S+2. The summed E-state index contributed by atoms with van der Waals surface area (Å²) < 4.78 is 35.0. The first kappa shape index (κ1) is 56.2. The first-order valence-corrected chi connectivity index (χ1v) is 26.2. The number of nitrogens with zero attached hydrogens (tertiary/aromatic N) is 3. The monoisotopic (exact) mass is 886 g/mol. The summed E-state index contributed by atoms with van der Waals surface area (Å²) in [6.45, 7) is 14.6. The van der Waals surface area contributed by atoms with E-state index in [-0.39, 0.29) is 6.61 Å². The van der Waals surface area contributed by atoms with Crippen molar-refractivity contribution in [2.75, 3.05) is 24.6 Å². The Hall–Kier alpha value is -2.78. The number of rotatable bonds is 33. The zero-order valence-corrected chi connectivity index (χ0v) is 41.0. The molecule has 0 aliphatic heterocycles. The number of unbranched alkanes of at least 4 members (excludes halogenated alkanes) is 22. The minimum Gasteiger partial charge on any atom is -0.370 e. The largest absolute Gasteiger partial charge is 0.397 e. The average Bonchev–Trinajstić information content (AvgIpc) is 3.26. The van der Waals surface area contributed by atoms with Gasteiger partial charge in [-0.15, -0.1) is 0 Å². The Kier molecular flexibility index (Phi) is 35.8. The SMILES string of the molecule is CCCCCCCCCCCCCCN(CCCCCCCCCCCCCC)c1ccc(/C=C/c2cc[n+](CC)cc2)cc1Cl.CCOS(=O)(=O)O.CC[n+]1ccccc1. The summed E-state index contributed by atoms with van der Waals surface area (Å²) in [5.74, 6) is 0. The summed E-state index contributed by atoms with van der Waals surface area (Å²) in [6, 6.07) is 17.1. The number of hydrogen-bond donors (Lipinski definition) is 1. The van der Waals surface area contributed by atoms with Crippen molar-refractivity contribution in [2.24, 2.45) is 0 Å². The molecule has 61 heavy (non-hydrogen) atoms. The molecule has 1 N–H and O–H groups in total. The van der Waals surface area contributed by atoms with Crippen LogP contribution < -0.4 is 14.0 Å². The summed E-state index contributed by atoms with van der Waals surface area (Å²) in [5, 5.41) is 0.886. The van der Waals surface area contributed by atoms with E-state index in [0.29, 0.717) is 0 Å². The molecule has 1 aromatic carbocycles. The van der Waals surface area contributed by atoms with E-state index in [1.54, 1.807) is 0 Å². The van der Waals surface area contributed by atoms with Crippen molar-refractivity contribution in [1.82, 2.24) is 0 Å². The summed E-state index contributed by atoms with van der Waals surface area (Å²) in [4.78, 5) is 2.59. The lowest BCUT2D eigenvalue weighted by molar-refractivity contribution is -0.693. The molecule has 0 aliphatic rings. The van der Waals surface area contributed by atoms with Crippen molar-refractivity contribution in [2.45, 2.75) is 202 Å². The predicted octanol–water partition coefficient (Wildman–Crippen LogP) is 14.8. The number of benzene rings is 1. The van der Waals surface area contributed by atoms with Crippen LogP contribution in [0.2, 0.25) is 5.02 Å². The number of halogens is 1. The van der Waals surface area contributed by atoms with E-state index in [0.717, 1.165) is 36.8 Å². The molecule has 346 valence electrons. The first-order chi connectivity index (χ1) is 29.7. The fraction of sp³-hybridized carbons (Fsp3) is 0.654. The van der Waals surface area contributed by atoms with Crippen LogP contribution in [0, 0.1) is 0 Å². The van der Waals surface area contributed by atoms with Crippen LogP contribution in [0.3, 0.4) is 0 Å². The van der Waals surface area contributed by atoms with Crippen molar-refractivity contribution in [3.8, 4) is 0 Å². The molecule has 0 spiro atoms. The predicted molar refractivity (Wildman–Crippen MR) is 263 cm³/mol. The maximum Gasteiger partial charge on any atom is 0.397 e. The van der Waals surface area contributed by atoms with Gasteiger partial charge in [-0.3, -0.25) is 4.55 Å². The zero-order chi connectivity index (χ0) is 44.7. The summed E-state index contributed by atoms with van der Waals surface area (Å²) >= 11 is 6.97. The fourth-order valence-electron chi connectivity index (χ4n) is 7.30. The van der Waals surface area contributed by atoms with Crippen LogP contribution in [0.15, 0.2) is 73.3 Å². The van der Waals surface area contributed by atoms with E-state index in [4.69, 9.17) is 16.2 Å². The highest BCUT2D eigenvalue weighted by Crippen LogP contribution is 2.29. The van der Waals surface area contributed by atoms with E-state index in [9.17, 15) is 8.42 Å². The Labute approximate surface area is 380 Å². The molecule has 3 aromatic rings. The lowest BCUT2D eigenvalue weighted by Gasteiger charge is -2.26. The van der Waals surface area contributed by atoms with Crippen molar-refractivity contribution in [3.63, 3.8) is 0 Å². The van der Waals surface area contributed by atoms with Crippen LogP contribution in [0.25, 0.3) is 12.2 Å². The third kappa shape index (κ3) is 32.5. The average molecular weight is 887 g/mol. The minimum atomic E-state index is -4.17. The minimum absolute atomic E-state index is 0.0289. The van der Waals surface area contributed by atoms with Gasteiger partial charge in [0.25, 0.3) is 0 Å². The van der Waals surface area contributed by atoms with Crippen molar-refractivity contribution in [3.05, 3.63) is 89.5 Å². The van der Waals surface area contributed by atoms with Gasteiger partial charge < -0.3 is 4.90 Å². The van der Waals surface area contributed by atoms with Crippen LogP contribution in [0.4, 0.5) is 5.69 Å². The number of pyridine rings is 2. The molecule has 0 atom stereocenters. The van der Waals surface area contributed by atoms with Gasteiger partial charge in [-0.1, -0.05) is 191 Å². The Morgan fingerprint density at radius 2 is 0.934 bits per heavy atom. The molecule has 3 rings (SSSR count). The standard InChI is InChI=1S/C43H72ClN2.C7H10N.C2H6O4S/c1-4-7-9-11-13-15-17-19-21-23-25-27-35-46(36-28-26-24-22-20-18-16-14-12-10-8-5-2)43-32-31-41(39-42(43)44)30-29-40-33-37-45(6-3)38-34-40;1-2-8-6-4-3-5-7-8;1-2-6-7(3,4)5/h29-34,37-39H,4-28,35-36H2,1-3H3;3-7H,2H2,1H3;2H2,1H3,(H,3,4,5)/q2*+1;. The van der Waals surface area contributed by atoms with E-state index < -0.39 is 10.4 Å². The Bertz CT molecular complexity index is 1540. The summed E-state index contributed by atoms with van der Waals surface area (Å²) in [7, 11) is -4.17. The summed E-state index contributed by atoms with van der Waals surface area (Å²) in [5.41, 5.74) is 3.59. The molecule has 0 radical (unpaired) electrons. The Morgan fingerprint density at radius 1 is 0.541 bits per heavy atom. The molecule has 0 saturated heterocycles. The number of anilines is 1. The lowest BCUT2D eigenvalue weighted by Crippen LogP contribution is -2.30. The number of aromatic nitrogens is 2. The zero-order valence-electron chi connectivity index (χ0n) is 39.4. The molecule has 2 heterocycles. The molecule has 9 heteroatoms. The van der Waals surface area contributed by atoms with Crippen LogP contribution in [0.5, 0.6) is 0 Å². The highest BCUT2D eigenvalue weighted by atomic mass is 35.5. The topological polar surface area (TPSA) is 74.6 Å². The van der Waals surface area contributed by atoms with Gasteiger partial charge in [0.05, 0.1) is 17.3 Å². The highest BCUT2D eigenvalue weighted by molar-refractivity contribution is 7.80. The molecule has 7 nitrogen and oxygen atoms in total. The first-order valence-electron chi connectivity index (χ1n) is 24.4.